The minimum Gasteiger partial charge on any atom is -0.321 e. The van der Waals surface area contributed by atoms with Crippen LogP contribution < -0.4 is 5.73 Å². The van der Waals surface area contributed by atoms with E-state index in [0.717, 1.165) is 18.4 Å². The average molecular weight is 235 g/mol. The van der Waals surface area contributed by atoms with Crippen molar-refractivity contribution in [2.75, 3.05) is 0 Å². The van der Waals surface area contributed by atoms with Crippen LogP contribution in [-0.4, -0.2) is 5.67 Å². The highest BCUT2D eigenvalue weighted by Gasteiger charge is 2.31. The molecule has 2 N–H and O–H groups in total. The third-order valence-corrected chi connectivity index (χ3v) is 3.62. The normalized spacial score (nSPS) is 19.5. The smallest absolute Gasteiger partial charge is 0.109 e. The topological polar surface area (TPSA) is 26.0 Å². The first kappa shape index (κ1) is 12.6. The molecule has 0 saturated heterocycles. The first-order valence-corrected chi connectivity index (χ1v) is 6.46. The minimum absolute atomic E-state index is 0.170. The molecule has 0 amide bonds. The van der Waals surface area contributed by atoms with E-state index in [1.165, 1.54) is 18.4 Å². The minimum atomic E-state index is -1.16. The summed E-state index contributed by atoms with van der Waals surface area (Å²) in [6.07, 6.45) is 4.96. The second-order valence-electron chi connectivity index (χ2n) is 5.96. The summed E-state index contributed by atoms with van der Waals surface area (Å²) in [6, 6.07) is 8.17. The van der Waals surface area contributed by atoms with Crippen molar-refractivity contribution < 1.29 is 4.39 Å². The molecule has 0 radical (unpaired) electrons. The van der Waals surface area contributed by atoms with Crippen LogP contribution in [0, 0.1) is 0 Å². The van der Waals surface area contributed by atoms with Gasteiger partial charge in [-0.15, -0.1) is 0 Å². The van der Waals surface area contributed by atoms with Gasteiger partial charge in [-0.3, -0.25) is 0 Å². The highest BCUT2D eigenvalue weighted by atomic mass is 19.1. The Morgan fingerprint density at radius 2 is 1.94 bits per heavy atom. The van der Waals surface area contributed by atoms with E-state index in [1.54, 1.807) is 13.8 Å². The molecule has 0 bridgehead atoms. The van der Waals surface area contributed by atoms with Crippen molar-refractivity contribution in [3.63, 3.8) is 0 Å². The monoisotopic (exact) mass is 235 g/mol. The van der Waals surface area contributed by atoms with Crippen molar-refractivity contribution in [3.8, 4) is 0 Å². The van der Waals surface area contributed by atoms with Crippen molar-refractivity contribution in [1.82, 2.24) is 0 Å². The predicted octanol–water partition coefficient (Wildman–Crippen LogP) is 3.71. The van der Waals surface area contributed by atoms with E-state index in [4.69, 9.17) is 5.73 Å². The zero-order chi connectivity index (χ0) is 12.5. The van der Waals surface area contributed by atoms with Crippen LogP contribution in [0.5, 0.6) is 0 Å². The highest BCUT2D eigenvalue weighted by molar-refractivity contribution is 5.31. The number of alkyl halides is 1. The Bertz CT molecular complexity index is 386. The van der Waals surface area contributed by atoms with E-state index in [-0.39, 0.29) is 5.54 Å². The number of nitrogens with two attached hydrogens (primary N) is 1. The quantitative estimate of drug-likeness (QED) is 0.849. The molecule has 0 unspecified atom stereocenters. The Morgan fingerprint density at radius 1 is 1.29 bits per heavy atom. The van der Waals surface area contributed by atoms with Gasteiger partial charge in [0.2, 0.25) is 0 Å². The van der Waals surface area contributed by atoms with Gasteiger partial charge < -0.3 is 5.73 Å². The molecule has 1 aromatic rings. The fourth-order valence-electron chi connectivity index (χ4n) is 2.77. The van der Waals surface area contributed by atoms with Crippen LogP contribution >= 0.6 is 0 Å². The van der Waals surface area contributed by atoms with Crippen LogP contribution in [0.3, 0.4) is 0 Å². The van der Waals surface area contributed by atoms with E-state index in [9.17, 15) is 4.39 Å². The molecule has 0 atom stereocenters. The summed E-state index contributed by atoms with van der Waals surface area (Å²) in [5, 5.41) is 0. The molecular formula is C15H22FN. The summed E-state index contributed by atoms with van der Waals surface area (Å²) >= 11 is 0. The molecule has 1 aliphatic rings. The molecule has 2 rings (SSSR count). The number of hydrogen-bond donors (Lipinski definition) is 1. The molecule has 94 valence electrons. The van der Waals surface area contributed by atoms with E-state index in [1.807, 2.05) is 12.1 Å². The maximum absolute atomic E-state index is 13.6. The molecular weight excluding hydrogens is 213 g/mol. The Balaban J connectivity index is 2.22. The highest BCUT2D eigenvalue weighted by Crippen LogP contribution is 2.36. The first-order valence-electron chi connectivity index (χ1n) is 6.46. The maximum atomic E-state index is 13.6. The van der Waals surface area contributed by atoms with E-state index < -0.39 is 5.67 Å². The summed E-state index contributed by atoms with van der Waals surface area (Å²) in [5.74, 6) is 0. The van der Waals surface area contributed by atoms with Gasteiger partial charge in [-0.2, -0.15) is 0 Å². The second-order valence-corrected chi connectivity index (χ2v) is 5.96. The van der Waals surface area contributed by atoms with E-state index in [0.29, 0.717) is 6.42 Å². The van der Waals surface area contributed by atoms with Crippen LogP contribution in [0.1, 0.15) is 50.7 Å². The van der Waals surface area contributed by atoms with Crippen LogP contribution in [0.15, 0.2) is 24.3 Å². The molecule has 2 heteroatoms. The fraction of sp³-hybridized carbons (Fsp3) is 0.600. The zero-order valence-electron chi connectivity index (χ0n) is 10.8. The number of halogens is 1. The molecule has 1 saturated carbocycles. The van der Waals surface area contributed by atoms with Gasteiger partial charge in [0.1, 0.15) is 5.67 Å². The Kier molecular flexibility index (Phi) is 3.26. The molecule has 17 heavy (non-hydrogen) atoms. The summed E-state index contributed by atoms with van der Waals surface area (Å²) in [6.45, 7) is 3.24. The fourth-order valence-corrected chi connectivity index (χ4v) is 2.77. The molecule has 0 spiro atoms. The number of hydrogen-bond acceptors (Lipinski definition) is 1. The summed E-state index contributed by atoms with van der Waals surface area (Å²) in [4.78, 5) is 0. The van der Waals surface area contributed by atoms with Crippen molar-refractivity contribution >= 4 is 0 Å². The van der Waals surface area contributed by atoms with Gasteiger partial charge in [0.15, 0.2) is 0 Å². The first-order chi connectivity index (χ1) is 7.89. The SMILES string of the molecule is CC(C)(F)Cc1cccc(C2(N)CCCC2)c1. The lowest BCUT2D eigenvalue weighted by molar-refractivity contribution is 0.217. The van der Waals surface area contributed by atoms with Crippen molar-refractivity contribution in [2.24, 2.45) is 5.73 Å². The molecule has 1 aromatic carbocycles. The van der Waals surface area contributed by atoms with E-state index in [2.05, 4.69) is 12.1 Å². The number of rotatable bonds is 3. The summed E-state index contributed by atoms with van der Waals surface area (Å²) in [7, 11) is 0. The van der Waals surface area contributed by atoms with Gasteiger partial charge in [0.25, 0.3) is 0 Å². The van der Waals surface area contributed by atoms with Crippen molar-refractivity contribution in [1.29, 1.82) is 0 Å². The van der Waals surface area contributed by atoms with Gasteiger partial charge in [-0.05, 0) is 37.8 Å². The molecule has 0 aliphatic heterocycles. The van der Waals surface area contributed by atoms with Gasteiger partial charge in [-0.25, -0.2) is 4.39 Å². The van der Waals surface area contributed by atoms with Crippen LogP contribution in [-0.2, 0) is 12.0 Å². The van der Waals surface area contributed by atoms with Gasteiger partial charge in [0, 0.05) is 12.0 Å². The van der Waals surface area contributed by atoms with Crippen LogP contribution in [0.4, 0.5) is 4.39 Å². The summed E-state index contributed by atoms with van der Waals surface area (Å²) < 4.78 is 13.6. The predicted molar refractivity (Wildman–Crippen MR) is 69.7 cm³/mol. The Hall–Kier alpha value is -0.890. The van der Waals surface area contributed by atoms with Crippen molar-refractivity contribution in [3.05, 3.63) is 35.4 Å². The van der Waals surface area contributed by atoms with Crippen LogP contribution in [0.2, 0.25) is 0 Å². The largest absolute Gasteiger partial charge is 0.321 e. The van der Waals surface area contributed by atoms with Gasteiger partial charge >= 0.3 is 0 Å². The molecule has 1 aliphatic carbocycles. The third-order valence-electron chi connectivity index (χ3n) is 3.62. The molecule has 1 fully saturated rings. The molecule has 0 aromatic heterocycles. The lowest BCUT2D eigenvalue weighted by atomic mass is 9.87. The van der Waals surface area contributed by atoms with E-state index >= 15 is 0 Å². The van der Waals surface area contributed by atoms with Crippen LogP contribution in [0.25, 0.3) is 0 Å². The summed E-state index contributed by atoms with van der Waals surface area (Å²) in [5.41, 5.74) is 7.32. The average Bonchev–Trinajstić information content (AvgIpc) is 2.64. The van der Waals surface area contributed by atoms with Gasteiger partial charge in [-0.1, -0.05) is 37.1 Å². The zero-order valence-corrected chi connectivity index (χ0v) is 10.8. The third kappa shape index (κ3) is 3.06. The standard InChI is InChI=1S/C15H22FN/c1-14(2,16)11-12-6-5-7-13(10-12)15(17)8-3-4-9-15/h5-7,10H,3-4,8-9,11,17H2,1-2H3. The number of benzene rings is 1. The lowest BCUT2D eigenvalue weighted by Gasteiger charge is -2.25. The van der Waals surface area contributed by atoms with Crippen molar-refractivity contribution in [2.45, 2.75) is 57.2 Å². The lowest BCUT2D eigenvalue weighted by Crippen LogP contribution is -2.33. The Morgan fingerprint density at radius 3 is 2.53 bits per heavy atom. The molecule has 0 heterocycles. The second kappa shape index (κ2) is 4.41. The Labute approximate surface area is 103 Å². The van der Waals surface area contributed by atoms with Gasteiger partial charge in [0.05, 0.1) is 0 Å². The maximum Gasteiger partial charge on any atom is 0.109 e. The molecule has 1 nitrogen and oxygen atoms in total.